The second kappa shape index (κ2) is 8.23. The molecule has 0 saturated carbocycles. The third-order valence-electron chi connectivity index (χ3n) is 2.22. The van der Waals surface area contributed by atoms with Crippen LogP contribution < -0.4 is 5.32 Å². The van der Waals surface area contributed by atoms with Crippen molar-refractivity contribution in [3.63, 3.8) is 0 Å². The molecule has 0 aromatic heterocycles. The van der Waals surface area contributed by atoms with Crippen LogP contribution in [0, 0.1) is 0 Å². The number of hydrogen-bond donors (Lipinski definition) is 1. The minimum Gasteiger partial charge on any atom is -0.460 e. The van der Waals surface area contributed by atoms with E-state index in [0.29, 0.717) is 13.0 Å². The second-order valence-corrected chi connectivity index (χ2v) is 6.42. The van der Waals surface area contributed by atoms with Crippen molar-refractivity contribution in [2.24, 2.45) is 0 Å². The molecule has 0 radical (unpaired) electrons. The Morgan fingerprint density at radius 2 is 1.89 bits per heavy atom. The summed E-state index contributed by atoms with van der Waals surface area (Å²) >= 11 is 1.81. The predicted molar refractivity (Wildman–Crippen MR) is 80.5 cm³/mol. The summed E-state index contributed by atoms with van der Waals surface area (Å²) in [5.74, 6) is 0.855. The Balaban J connectivity index is 2.01. The summed E-state index contributed by atoms with van der Waals surface area (Å²) in [7, 11) is 0. The fraction of sp³-hybridized carbons (Fsp3) is 0.533. The molecule has 0 fully saturated rings. The van der Waals surface area contributed by atoms with Crippen LogP contribution in [-0.4, -0.2) is 30.4 Å². The lowest BCUT2D eigenvalue weighted by molar-refractivity contribution is -0.154. The first-order chi connectivity index (χ1) is 8.97. The monoisotopic (exact) mass is 281 g/mol. The van der Waals surface area contributed by atoms with E-state index in [0.717, 1.165) is 12.3 Å². The van der Waals surface area contributed by atoms with Gasteiger partial charge in [-0.05, 0) is 32.9 Å². The Hall–Kier alpha value is -1.00. The largest absolute Gasteiger partial charge is 0.460 e. The average Bonchev–Trinajstić information content (AvgIpc) is 2.32. The molecule has 3 nitrogen and oxygen atoms in total. The second-order valence-electron chi connectivity index (χ2n) is 5.25. The highest BCUT2D eigenvalue weighted by atomic mass is 32.2. The lowest BCUT2D eigenvalue weighted by Gasteiger charge is -2.19. The van der Waals surface area contributed by atoms with E-state index in [-0.39, 0.29) is 11.6 Å². The molecule has 4 heteroatoms. The van der Waals surface area contributed by atoms with Crippen LogP contribution in [0.1, 0.15) is 27.2 Å². The van der Waals surface area contributed by atoms with Gasteiger partial charge in [-0.15, -0.1) is 11.8 Å². The topological polar surface area (TPSA) is 38.3 Å². The maximum atomic E-state index is 11.4. The fourth-order valence-corrected chi connectivity index (χ4v) is 2.30. The summed E-state index contributed by atoms with van der Waals surface area (Å²) in [6.07, 6.45) is 0.424. The first-order valence-electron chi connectivity index (χ1n) is 6.58. The summed E-state index contributed by atoms with van der Waals surface area (Å²) in [4.78, 5) is 12.7. The first-order valence-corrected chi connectivity index (χ1v) is 7.56. The first kappa shape index (κ1) is 16.1. The van der Waals surface area contributed by atoms with E-state index in [1.165, 1.54) is 4.90 Å². The maximum Gasteiger partial charge on any atom is 0.307 e. The fourth-order valence-electron chi connectivity index (χ4n) is 1.47. The number of rotatable bonds is 7. The molecular weight excluding hydrogens is 258 g/mol. The van der Waals surface area contributed by atoms with Crippen LogP contribution in [0.2, 0.25) is 0 Å². The van der Waals surface area contributed by atoms with E-state index in [4.69, 9.17) is 4.74 Å². The Bertz CT molecular complexity index is 373. The summed E-state index contributed by atoms with van der Waals surface area (Å²) in [6.45, 7) is 7.21. The summed E-state index contributed by atoms with van der Waals surface area (Å²) in [6, 6.07) is 10.3. The molecule has 1 rings (SSSR count). The lowest BCUT2D eigenvalue weighted by atomic mass is 10.2. The van der Waals surface area contributed by atoms with Crippen molar-refractivity contribution in [1.82, 2.24) is 5.32 Å². The minimum atomic E-state index is -0.389. The Kier molecular flexibility index (Phi) is 6.95. The predicted octanol–water partition coefficient (Wildman–Crippen LogP) is 3.10. The number of hydrogen-bond acceptors (Lipinski definition) is 4. The number of nitrogens with one attached hydrogen (secondary N) is 1. The molecule has 0 aliphatic heterocycles. The van der Waals surface area contributed by atoms with Gasteiger partial charge in [-0.25, -0.2) is 0 Å². The molecule has 0 aliphatic rings. The van der Waals surface area contributed by atoms with Crippen molar-refractivity contribution in [3.8, 4) is 0 Å². The van der Waals surface area contributed by atoms with Gasteiger partial charge in [0.25, 0.3) is 0 Å². The Labute approximate surface area is 120 Å². The van der Waals surface area contributed by atoms with Crippen LogP contribution in [0.5, 0.6) is 0 Å². The zero-order valence-electron chi connectivity index (χ0n) is 11.9. The SMILES string of the molecule is CC(C)(C)OC(=O)CCNCCSc1ccccc1. The van der Waals surface area contributed by atoms with Crippen LogP contribution in [0.25, 0.3) is 0 Å². The molecule has 0 bridgehead atoms. The van der Waals surface area contributed by atoms with Crippen LogP contribution in [0.3, 0.4) is 0 Å². The highest BCUT2D eigenvalue weighted by molar-refractivity contribution is 7.99. The average molecular weight is 281 g/mol. The van der Waals surface area contributed by atoms with Crippen molar-refractivity contribution in [3.05, 3.63) is 30.3 Å². The number of ether oxygens (including phenoxy) is 1. The van der Waals surface area contributed by atoms with E-state index >= 15 is 0 Å². The maximum absolute atomic E-state index is 11.4. The van der Waals surface area contributed by atoms with Crippen LogP contribution >= 0.6 is 11.8 Å². The van der Waals surface area contributed by atoms with Crippen molar-refractivity contribution in [2.45, 2.75) is 37.7 Å². The van der Waals surface area contributed by atoms with Crippen LogP contribution in [0.15, 0.2) is 35.2 Å². The molecular formula is C15H23NO2S. The van der Waals surface area contributed by atoms with Crippen molar-refractivity contribution in [2.75, 3.05) is 18.8 Å². The summed E-state index contributed by atoms with van der Waals surface area (Å²) < 4.78 is 5.23. The molecule has 0 aliphatic carbocycles. The molecule has 0 amide bonds. The molecule has 1 aromatic rings. The van der Waals surface area contributed by atoms with Crippen molar-refractivity contribution >= 4 is 17.7 Å². The molecule has 0 heterocycles. The van der Waals surface area contributed by atoms with Gasteiger partial charge in [-0.3, -0.25) is 4.79 Å². The van der Waals surface area contributed by atoms with Gasteiger partial charge < -0.3 is 10.1 Å². The van der Waals surface area contributed by atoms with Crippen LogP contribution in [-0.2, 0) is 9.53 Å². The van der Waals surface area contributed by atoms with Gasteiger partial charge in [-0.2, -0.15) is 0 Å². The van der Waals surface area contributed by atoms with Gasteiger partial charge in [0.15, 0.2) is 0 Å². The zero-order chi connectivity index (χ0) is 14.1. The molecule has 1 N–H and O–H groups in total. The van der Waals surface area contributed by atoms with E-state index in [1.54, 1.807) is 0 Å². The summed E-state index contributed by atoms with van der Waals surface area (Å²) in [5, 5.41) is 3.25. The molecule has 1 aromatic carbocycles. The van der Waals surface area contributed by atoms with Gasteiger partial charge in [0.2, 0.25) is 0 Å². The van der Waals surface area contributed by atoms with Crippen molar-refractivity contribution < 1.29 is 9.53 Å². The van der Waals surface area contributed by atoms with Gasteiger partial charge in [0.05, 0.1) is 6.42 Å². The van der Waals surface area contributed by atoms with Crippen LogP contribution in [0.4, 0.5) is 0 Å². The van der Waals surface area contributed by atoms with E-state index < -0.39 is 0 Å². The molecule has 19 heavy (non-hydrogen) atoms. The zero-order valence-corrected chi connectivity index (χ0v) is 12.8. The number of esters is 1. The highest BCUT2D eigenvalue weighted by Gasteiger charge is 2.15. The number of carbonyl (C=O) groups excluding carboxylic acids is 1. The van der Waals surface area contributed by atoms with Gasteiger partial charge >= 0.3 is 5.97 Å². The van der Waals surface area contributed by atoms with Gasteiger partial charge in [0.1, 0.15) is 5.60 Å². The molecule has 0 atom stereocenters. The van der Waals surface area contributed by atoms with Gasteiger partial charge in [-0.1, -0.05) is 18.2 Å². The summed E-state index contributed by atoms with van der Waals surface area (Å²) in [5.41, 5.74) is -0.389. The highest BCUT2D eigenvalue weighted by Crippen LogP contribution is 2.15. The van der Waals surface area contributed by atoms with Gasteiger partial charge in [0, 0.05) is 23.7 Å². The Morgan fingerprint density at radius 3 is 2.53 bits per heavy atom. The molecule has 0 unspecified atom stereocenters. The minimum absolute atomic E-state index is 0.143. The molecule has 0 saturated heterocycles. The number of thioether (sulfide) groups is 1. The third kappa shape index (κ3) is 8.67. The van der Waals surface area contributed by atoms with E-state index in [2.05, 4.69) is 17.4 Å². The lowest BCUT2D eigenvalue weighted by Crippen LogP contribution is -2.27. The van der Waals surface area contributed by atoms with E-state index in [1.807, 2.05) is 50.7 Å². The van der Waals surface area contributed by atoms with Crippen molar-refractivity contribution in [1.29, 1.82) is 0 Å². The Morgan fingerprint density at radius 1 is 1.21 bits per heavy atom. The smallest absolute Gasteiger partial charge is 0.307 e. The third-order valence-corrected chi connectivity index (χ3v) is 3.23. The standard InChI is InChI=1S/C15H23NO2S/c1-15(2,3)18-14(17)9-10-16-11-12-19-13-7-5-4-6-8-13/h4-8,16H,9-12H2,1-3H3. The molecule has 106 valence electrons. The quantitative estimate of drug-likeness (QED) is 0.473. The number of carbonyl (C=O) groups is 1. The van der Waals surface area contributed by atoms with E-state index in [9.17, 15) is 4.79 Å². The number of benzene rings is 1. The molecule has 0 spiro atoms. The normalized spacial score (nSPS) is 11.3.